The van der Waals surface area contributed by atoms with Crippen LogP contribution in [0.15, 0.2) is 60.8 Å². The summed E-state index contributed by atoms with van der Waals surface area (Å²) in [5.41, 5.74) is 4.22. The summed E-state index contributed by atoms with van der Waals surface area (Å²) in [6.45, 7) is 0.918. The highest BCUT2D eigenvalue weighted by Gasteiger charge is 2.23. The first kappa shape index (κ1) is 14.1. The zero-order valence-corrected chi connectivity index (χ0v) is 13.6. The molecule has 0 amide bonds. The van der Waals surface area contributed by atoms with Gasteiger partial charge in [-0.3, -0.25) is 0 Å². The lowest BCUT2D eigenvalue weighted by Crippen LogP contribution is -2.25. The van der Waals surface area contributed by atoms with Gasteiger partial charge in [-0.05, 0) is 41.8 Å². The maximum absolute atomic E-state index is 4.52. The summed E-state index contributed by atoms with van der Waals surface area (Å²) in [6.07, 6.45) is 4.02. The van der Waals surface area contributed by atoms with Gasteiger partial charge in [0.25, 0.3) is 0 Å². The fourth-order valence-electron chi connectivity index (χ4n) is 3.47. The van der Waals surface area contributed by atoms with Crippen LogP contribution in [0.1, 0.15) is 12.0 Å². The fraction of sp³-hybridized carbons (Fsp3) is 0.158. The van der Waals surface area contributed by atoms with Crippen molar-refractivity contribution >= 4 is 22.5 Å². The molecule has 0 fully saturated rings. The molecule has 4 aromatic rings. The molecular weight excluding hydrogens is 312 g/mol. The molecule has 0 unspecified atom stereocenters. The van der Waals surface area contributed by atoms with E-state index in [-0.39, 0.29) is 0 Å². The summed E-state index contributed by atoms with van der Waals surface area (Å²) in [7, 11) is 0. The Balaban J connectivity index is 1.68. The van der Waals surface area contributed by atoms with Crippen LogP contribution in [0.4, 0.5) is 11.5 Å². The van der Waals surface area contributed by atoms with Crippen LogP contribution < -0.4 is 4.90 Å². The van der Waals surface area contributed by atoms with Gasteiger partial charge in [-0.25, -0.2) is 4.68 Å². The van der Waals surface area contributed by atoms with Crippen molar-refractivity contribution in [3.8, 4) is 5.69 Å². The van der Waals surface area contributed by atoms with Gasteiger partial charge in [0, 0.05) is 12.2 Å². The Morgan fingerprint density at radius 2 is 1.72 bits per heavy atom. The predicted molar refractivity (Wildman–Crippen MR) is 96.2 cm³/mol. The van der Waals surface area contributed by atoms with Crippen LogP contribution >= 0.6 is 0 Å². The zero-order chi connectivity index (χ0) is 16.6. The summed E-state index contributed by atoms with van der Waals surface area (Å²) in [6, 6.07) is 18.4. The average molecular weight is 328 g/mol. The molecule has 0 radical (unpaired) electrons. The average Bonchev–Trinajstić information content (AvgIpc) is 3.12. The van der Waals surface area contributed by atoms with Crippen LogP contribution in [0, 0.1) is 0 Å². The lowest BCUT2D eigenvalue weighted by Gasteiger charge is -2.30. The van der Waals surface area contributed by atoms with Crippen LogP contribution in [-0.2, 0) is 6.42 Å². The van der Waals surface area contributed by atoms with Crippen molar-refractivity contribution < 1.29 is 0 Å². The molecule has 122 valence electrons. The van der Waals surface area contributed by atoms with Crippen molar-refractivity contribution in [2.45, 2.75) is 12.8 Å². The molecular formula is C19H16N6. The number of hydrogen-bond donors (Lipinski definition) is 0. The maximum Gasteiger partial charge on any atom is 0.190 e. The molecule has 0 N–H and O–H groups in total. The SMILES string of the molecule is c1ccc(-n2ncc3c(N4CCCc5ccccc54)nnnc32)cc1. The van der Waals surface area contributed by atoms with Crippen LogP contribution in [0.5, 0.6) is 0 Å². The van der Waals surface area contributed by atoms with Crippen molar-refractivity contribution in [3.05, 3.63) is 66.4 Å². The van der Waals surface area contributed by atoms with Crippen LogP contribution in [0.25, 0.3) is 16.7 Å². The number of fused-ring (bicyclic) bond motifs is 2. The van der Waals surface area contributed by atoms with Crippen LogP contribution in [0.2, 0.25) is 0 Å². The van der Waals surface area contributed by atoms with Gasteiger partial charge in [-0.2, -0.15) is 5.10 Å². The number of aryl methyl sites for hydroxylation is 1. The highest BCUT2D eigenvalue weighted by Crippen LogP contribution is 2.35. The second-order valence-electron chi connectivity index (χ2n) is 6.13. The third-order valence-corrected chi connectivity index (χ3v) is 4.63. The third kappa shape index (κ3) is 2.26. The van der Waals surface area contributed by atoms with E-state index in [1.807, 2.05) is 41.2 Å². The van der Waals surface area contributed by atoms with E-state index in [1.165, 1.54) is 11.3 Å². The molecule has 25 heavy (non-hydrogen) atoms. The molecule has 1 aliphatic heterocycles. The maximum atomic E-state index is 4.52. The van der Waals surface area contributed by atoms with Gasteiger partial charge in [-0.15, -0.1) is 10.2 Å². The van der Waals surface area contributed by atoms with E-state index in [1.54, 1.807) is 0 Å². The van der Waals surface area contributed by atoms with Crippen molar-refractivity contribution in [2.75, 3.05) is 11.4 Å². The number of para-hydroxylation sites is 2. The first-order valence-electron chi connectivity index (χ1n) is 8.40. The van der Waals surface area contributed by atoms with E-state index in [4.69, 9.17) is 0 Å². The zero-order valence-electron chi connectivity index (χ0n) is 13.6. The molecule has 2 aromatic carbocycles. The number of nitrogens with zero attached hydrogens (tertiary/aromatic N) is 6. The lowest BCUT2D eigenvalue weighted by molar-refractivity contribution is 0.747. The van der Waals surface area contributed by atoms with E-state index in [0.29, 0.717) is 0 Å². The molecule has 0 saturated heterocycles. The van der Waals surface area contributed by atoms with Gasteiger partial charge in [0.1, 0.15) is 0 Å². The van der Waals surface area contributed by atoms with Crippen LogP contribution in [0.3, 0.4) is 0 Å². The highest BCUT2D eigenvalue weighted by molar-refractivity contribution is 5.90. The largest absolute Gasteiger partial charge is 0.324 e. The Morgan fingerprint density at radius 3 is 2.64 bits per heavy atom. The predicted octanol–water partition coefficient (Wildman–Crippen LogP) is 3.29. The Hall–Kier alpha value is -3.28. The van der Waals surface area contributed by atoms with E-state index in [9.17, 15) is 0 Å². The summed E-state index contributed by atoms with van der Waals surface area (Å²) >= 11 is 0. The van der Waals surface area contributed by atoms with E-state index < -0.39 is 0 Å². The summed E-state index contributed by atoms with van der Waals surface area (Å²) < 4.78 is 1.81. The summed E-state index contributed by atoms with van der Waals surface area (Å²) in [5.74, 6) is 0.819. The third-order valence-electron chi connectivity index (χ3n) is 4.63. The molecule has 0 spiro atoms. The van der Waals surface area contributed by atoms with Gasteiger partial charge in [0.05, 0.1) is 17.3 Å². The fourth-order valence-corrected chi connectivity index (χ4v) is 3.47. The second kappa shape index (κ2) is 5.66. The Morgan fingerprint density at radius 1 is 0.880 bits per heavy atom. The highest BCUT2D eigenvalue weighted by atomic mass is 15.4. The standard InChI is InChI=1S/C19H16N6/c1-2-9-15(10-3-1)25-19-16(13-20-25)18(21-23-22-19)24-12-6-8-14-7-4-5-11-17(14)24/h1-5,7,9-11,13H,6,8,12H2. The molecule has 2 aromatic heterocycles. The molecule has 5 rings (SSSR count). The van der Waals surface area contributed by atoms with Crippen molar-refractivity contribution in [3.63, 3.8) is 0 Å². The topological polar surface area (TPSA) is 59.7 Å². The smallest absolute Gasteiger partial charge is 0.190 e. The van der Waals surface area contributed by atoms with E-state index >= 15 is 0 Å². The molecule has 0 atom stereocenters. The number of aromatic nitrogens is 5. The van der Waals surface area contributed by atoms with Gasteiger partial charge in [0.2, 0.25) is 0 Å². The number of benzene rings is 2. The van der Waals surface area contributed by atoms with Crippen molar-refractivity contribution in [1.82, 2.24) is 25.2 Å². The molecule has 1 aliphatic rings. The Labute approximate surface area is 144 Å². The monoisotopic (exact) mass is 328 g/mol. The first-order chi connectivity index (χ1) is 12.4. The molecule has 0 bridgehead atoms. The first-order valence-corrected chi connectivity index (χ1v) is 8.40. The van der Waals surface area contributed by atoms with E-state index in [2.05, 4.69) is 49.7 Å². The molecule has 6 heteroatoms. The van der Waals surface area contributed by atoms with Crippen molar-refractivity contribution in [1.29, 1.82) is 0 Å². The van der Waals surface area contributed by atoms with Crippen molar-refractivity contribution in [2.24, 2.45) is 0 Å². The Bertz CT molecular complexity index is 1040. The minimum Gasteiger partial charge on any atom is -0.324 e. The van der Waals surface area contributed by atoms with Gasteiger partial charge >= 0.3 is 0 Å². The quantitative estimate of drug-likeness (QED) is 0.565. The lowest BCUT2D eigenvalue weighted by atomic mass is 10.0. The van der Waals surface area contributed by atoms with Gasteiger partial charge in [-0.1, -0.05) is 36.4 Å². The molecule has 0 saturated carbocycles. The summed E-state index contributed by atoms with van der Waals surface area (Å²) in [4.78, 5) is 2.23. The minimum absolute atomic E-state index is 0.722. The minimum atomic E-state index is 0.722. The Kier molecular flexibility index (Phi) is 3.19. The normalized spacial score (nSPS) is 13.8. The van der Waals surface area contributed by atoms with Gasteiger partial charge < -0.3 is 4.90 Å². The van der Waals surface area contributed by atoms with Gasteiger partial charge in [0.15, 0.2) is 11.5 Å². The molecule has 6 nitrogen and oxygen atoms in total. The number of anilines is 2. The second-order valence-corrected chi connectivity index (χ2v) is 6.13. The summed E-state index contributed by atoms with van der Waals surface area (Å²) in [5, 5.41) is 18.0. The molecule has 0 aliphatic carbocycles. The van der Waals surface area contributed by atoms with Crippen LogP contribution in [-0.4, -0.2) is 31.7 Å². The van der Waals surface area contributed by atoms with E-state index in [0.717, 1.165) is 41.9 Å². The number of hydrogen-bond acceptors (Lipinski definition) is 5. The molecule has 3 heterocycles. The number of rotatable bonds is 2.